The normalized spacial score (nSPS) is 12.6. The van der Waals surface area contributed by atoms with E-state index in [2.05, 4.69) is 20.8 Å². The summed E-state index contributed by atoms with van der Waals surface area (Å²) in [5.74, 6) is 0.326. The maximum Gasteiger partial charge on any atom is 0.309 e. The molecule has 22 heavy (non-hydrogen) atoms. The molecule has 0 radical (unpaired) electrons. The van der Waals surface area contributed by atoms with Crippen LogP contribution in [0, 0.1) is 11.8 Å². The molecule has 0 aromatic carbocycles. The maximum absolute atomic E-state index is 12.0. The van der Waals surface area contributed by atoms with E-state index in [1.165, 1.54) is 44.9 Å². The van der Waals surface area contributed by atoms with Crippen molar-refractivity contribution >= 4 is 5.97 Å². The van der Waals surface area contributed by atoms with Crippen LogP contribution < -0.4 is 0 Å². The molecule has 0 aromatic heterocycles. The molecule has 0 spiro atoms. The lowest BCUT2D eigenvalue weighted by molar-refractivity contribution is -0.149. The summed E-state index contributed by atoms with van der Waals surface area (Å²) in [5.41, 5.74) is 0. The van der Waals surface area contributed by atoms with Crippen molar-refractivity contribution in [1.82, 2.24) is 0 Å². The third kappa shape index (κ3) is 13.1. The highest BCUT2D eigenvalue weighted by molar-refractivity contribution is 5.72. The molecule has 3 nitrogen and oxygen atoms in total. The van der Waals surface area contributed by atoms with E-state index in [1.54, 1.807) is 0 Å². The number of aliphatic hydroxyl groups is 1. The van der Waals surface area contributed by atoms with E-state index in [9.17, 15) is 4.79 Å². The van der Waals surface area contributed by atoms with Crippen molar-refractivity contribution in [2.75, 3.05) is 13.2 Å². The van der Waals surface area contributed by atoms with E-state index in [4.69, 9.17) is 9.84 Å². The fourth-order valence-electron chi connectivity index (χ4n) is 2.57. The lowest BCUT2D eigenvalue weighted by Crippen LogP contribution is -2.20. The molecule has 0 fully saturated rings. The predicted molar refractivity (Wildman–Crippen MR) is 92.8 cm³/mol. The first-order chi connectivity index (χ1) is 10.6. The first-order valence-electron chi connectivity index (χ1n) is 9.39. The number of aliphatic hydroxyl groups excluding tert-OH is 1. The Morgan fingerprint density at radius 1 is 0.909 bits per heavy atom. The van der Waals surface area contributed by atoms with Gasteiger partial charge in [-0.25, -0.2) is 0 Å². The van der Waals surface area contributed by atoms with Gasteiger partial charge in [-0.1, -0.05) is 72.1 Å². The fourth-order valence-corrected chi connectivity index (χ4v) is 2.57. The van der Waals surface area contributed by atoms with Gasteiger partial charge in [0.1, 0.15) is 0 Å². The molecule has 0 bridgehead atoms. The first kappa shape index (κ1) is 21.4. The maximum atomic E-state index is 12.0. The van der Waals surface area contributed by atoms with Gasteiger partial charge in [0, 0.05) is 6.61 Å². The van der Waals surface area contributed by atoms with Crippen LogP contribution >= 0.6 is 0 Å². The van der Waals surface area contributed by atoms with E-state index in [-0.39, 0.29) is 18.5 Å². The van der Waals surface area contributed by atoms with E-state index < -0.39 is 0 Å². The molecule has 132 valence electrons. The van der Waals surface area contributed by atoms with Crippen molar-refractivity contribution in [3.8, 4) is 0 Å². The third-order valence-electron chi connectivity index (χ3n) is 4.16. The minimum absolute atomic E-state index is 0.0704. The minimum Gasteiger partial charge on any atom is -0.465 e. The highest BCUT2D eigenvalue weighted by Gasteiger charge is 2.19. The molecule has 0 saturated heterocycles. The molecule has 0 aliphatic carbocycles. The Labute approximate surface area is 137 Å². The molecule has 3 heteroatoms. The van der Waals surface area contributed by atoms with Crippen LogP contribution in [0.25, 0.3) is 0 Å². The monoisotopic (exact) mass is 314 g/mol. The minimum atomic E-state index is -0.114. The predicted octanol–water partition coefficient (Wildman–Crippen LogP) is 5.11. The second-order valence-electron chi connectivity index (χ2n) is 6.82. The summed E-state index contributed by atoms with van der Waals surface area (Å²) in [6, 6.07) is 0. The number of carbonyl (C=O) groups is 1. The van der Waals surface area contributed by atoms with Crippen molar-refractivity contribution < 1.29 is 14.6 Å². The Morgan fingerprint density at radius 2 is 1.50 bits per heavy atom. The van der Waals surface area contributed by atoms with Crippen molar-refractivity contribution in [3.63, 3.8) is 0 Å². The largest absolute Gasteiger partial charge is 0.465 e. The summed E-state index contributed by atoms with van der Waals surface area (Å²) in [6.45, 7) is 7.07. The summed E-state index contributed by atoms with van der Waals surface area (Å²) < 4.78 is 5.34. The van der Waals surface area contributed by atoms with Crippen LogP contribution in [0.2, 0.25) is 0 Å². The van der Waals surface area contributed by atoms with E-state index in [0.717, 1.165) is 19.3 Å². The highest BCUT2D eigenvalue weighted by Crippen LogP contribution is 2.17. The molecular weight excluding hydrogens is 276 g/mol. The fraction of sp³-hybridized carbons (Fsp3) is 0.947. The Morgan fingerprint density at radius 3 is 2.05 bits per heavy atom. The molecule has 1 N–H and O–H groups in total. The molecule has 0 aliphatic rings. The van der Waals surface area contributed by atoms with Crippen LogP contribution in [-0.4, -0.2) is 24.3 Å². The van der Waals surface area contributed by atoms with Crippen LogP contribution in [-0.2, 0) is 9.53 Å². The molecule has 0 heterocycles. The summed E-state index contributed by atoms with van der Waals surface area (Å²) in [7, 11) is 0. The molecular formula is C19H38O3. The van der Waals surface area contributed by atoms with Gasteiger partial charge in [-0.3, -0.25) is 4.79 Å². The summed E-state index contributed by atoms with van der Waals surface area (Å²) in [5, 5.41) is 9.11. The van der Waals surface area contributed by atoms with Crippen LogP contribution in [0.3, 0.4) is 0 Å². The quantitative estimate of drug-likeness (QED) is 0.338. The second kappa shape index (κ2) is 15.3. The number of carbonyl (C=O) groups excluding carboxylic acids is 1. The standard InChI is InChI=1S/C19H38O3/c1-4-5-6-7-8-9-10-11-12-18(13-15-20)19(21)22-16-14-17(2)3/h17-18,20H,4-16H2,1-3H3. The summed E-state index contributed by atoms with van der Waals surface area (Å²) in [6.07, 6.45) is 12.5. The Kier molecular flexibility index (Phi) is 14.9. The van der Waals surface area contributed by atoms with E-state index in [0.29, 0.717) is 18.9 Å². The van der Waals surface area contributed by atoms with Gasteiger partial charge in [-0.05, 0) is 25.2 Å². The van der Waals surface area contributed by atoms with Crippen molar-refractivity contribution in [2.45, 2.75) is 91.4 Å². The first-order valence-corrected chi connectivity index (χ1v) is 9.39. The van der Waals surface area contributed by atoms with Gasteiger partial charge in [-0.2, -0.15) is 0 Å². The van der Waals surface area contributed by atoms with E-state index in [1.807, 2.05) is 0 Å². The lowest BCUT2D eigenvalue weighted by Gasteiger charge is -2.15. The zero-order valence-corrected chi connectivity index (χ0v) is 15.1. The van der Waals surface area contributed by atoms with Gasteiger partial charge in [-0.15, -0.1) is 0 Å². The molecule has 0 amide bonds. The van der Waals surface area contributed by atoms with Crippen molar-refractivity contribution in [3.05, 3.63) is 0 Å². The molecule has 0 aliphatic heterocycles. The number of unbranched alkanes of at least 4 members (excludes halogenated alkanes) is 7. The van der Waals surface area contributed by atoms with Crippen LogP contribution in [0.5, 0.6) is 0 Å². The number of rotatable bonds is 15. The molecule has 0 rings (SSSR count). The molecule has 0 aromatic rings. The SMILES string of the molecule is CCCCCCCCCCC(CCO)C(=O)OCCC(C)C. The molecule has 1 atom stereocenters. The Hall–Kier alpha value is -0.570. The van der Waals surface area contributed by atoms with Crippen LogP contribution in [0.15, 0.2) is 0 Å². The average molecular weight is 315 g/mol. The number of hydrogen-bond donors (Lipinski definition) is 1. The molecule has 1 unspecified atom stereocenters. The van der Waals surface area contributed by atoms with Crippen molar-refractivity contribution in [2.24, 2.45) is 11.8 Å². The van der Waals surface area contributed by atoms with E-state index >= 15 is 0 Å². The van der Waals surface area contributed by atoms with Gasteiger partial charge < -0.3 is 9.84 Å². The average Bonchev–Trinajstić information content (AvgIpc) is 2.48. The zero-order valence-electron chi connectivity index (χ0n) is 15.1. The summed E-state index contributed by atoms with van der Waals surface area (Å²) in [4.78, 5) is 12.0. The highest BCUT2D eigenvalue weighted by atomic mass is 16.5. The van der Waals surface area contributed by atoms with Crippen LogP contribution in [0.1, 0.15) is 91.4 Å². The summed E-state index contributed by atoms with van der Waals surface area (Å²) >= 11 is 0. The smallest absolute Gasteiger partial charge is 0.309 e. The molecule has 0 saturated carbocycles. The number of hydrogen-bond acceptors (Lipinski definition) is 3. The second-order valence-corrected chi connectivity index (χ2v) is 6.82. The van der Waals surface area contributed by atoms with Gasteiger partial charge in [0.25, 0.3) is 0 Å². The van der Waals surface area contributed by atoms with Gasteiger partial charge in [0.15, 0.2) is 0 Å². The van der Waals surface area contributed by atoms with Gasteiger partial charge in [0.05, 0.1) is 12.5 Å². The Balaban J connectivity index is 3.72. The lowest BCUT2D eigenvalue weighted by atomic mass is 9.97. The van der Waals surface area contributed by atoms with Crippen molar-refractivity contribution in [1.29, 1.82) is 0 Å². The topological polar surface area (TPSA) is 46.5 Å². The zero-order chi connectivity index (χ0) is 16.6. The Bertz CT molecular complexity index is 251. The third-order valence-corrected chi connectivity index (χ3v) is 4.16. The van der Waals surface area contributed by atoms with Gasteiger partial charge in [0.2, 0.25) is 0 Å². The van der Waals surface area contributed by atoms with Crippen LogP contribution in [0.4, 0.5) is 0 Å². The number of esters is 1. The van der Waals surface area contributed by atoms with Gasteiger partial charge >= 0.3 is 5.97 Å². The number of ether oxygens (including phenoxy) is 1.